The van der Waals surface area contributed by atoms with Gasteiger partial charge in [-0.05, 0) is 24.3 Å². The third-order valence-corrected chi connectivity index (χ3v) is 3.22. The zero-order valence-electron chi connectivity index (χ0n) is 13.7. The number of phenolic OH excluding ortho intramolecular Hbond substituents is 2. The van der Waals surface area contributed by atoms with Crippen LogP contribution in [0.15, 0.2) is 30.3 Å². The summed E-state index contributed by atoms with van der Waals surface area (Å²) in [6, 6.07) is 5.82. The molecule has 0 aliphatic carbocycles. The lowest BCUT2D eigenvalue weighted by Crippen LogP contribution is -2.13. The maximum absolute atomic E-state index is 12.2. The van der Waals surface area contributed by atoms with Crippen LogP contribution in [0.5, 0.6) is 28.7 Å². The van der Waals surface area contributed by atoms with E-state index in [2.05, 4.69) is 0 Å². The Hall–Kier alpha value is -3.42. The van der Waals surface area contributed by atoms with Gasteiger partial charge in [-0.2, -0.15) is 0 Å². The molecule has 0 aromatic heterocycles. The summed E-state index contributed by atoms with van der Waals surface area (Å²) in [7, 11) is 4.18. The summed E-state index contributed by atoms with van der Waals surface area (Å²) in [6.07, 6.45) is 0. The summed E-state index contributed by atoms with van der Waals surface area (Å²) >= 11 is 0. The summed E-state index contributed by atoms with van der Waals surface area (Å²) in [5.74, 6) is -1.96. The SMILES string of the molecule is COc1cc(C(=O)OC(=O)c2cc(O)cc(O)c2)cc(OC)c1OC. The summed E-state index contributed by atoms with van der Waals surface area (Å²) < 4.78 is 20.2. The van der Waals surface area contributed by atoms with Crippen molar-refractivity contribution < 1.29 is 38.7 Å². The van der Waals surface area contributed by atoms with E-state index in [9.17, 15) is 19.8 Å². The van der Waals surface area contributed by atoms with Crippen LogP contribution in [0.3, 0.4) is 0 Å². The highest BCUT2D eigenvalue weighted by atomic mass is 16.6. The summed E-state index contributed by atoms with van der Waals surface area (Å²) in [5, 5.41) is 18.8. The molecule has 0 radical (unpaired) electrons. The highest BCUT2D eigenvalue weighted by molar-refractivity contribution is 6.03. The van der Waals surface area contributed by atoms with Gasteiger partial charge in [-0.25, -0.2) is 9.59 Å². The number of esters is 2. The van der Waals surface area contributed by atoms with E-state index in [1.165, 1.54) is 33.5 Å². The molecule has 2 aromatic carbocycles. The summed E-state index contributed by atoms with van der Waals surface area (Å²) in [6.45, 7) is 0. The number of hydrogen-bond acceptors (Lipinski definition) is 8. The Morgan fingerprint density at radius 3 is 1.56 bits per heavy atom. The molecule has 0 bridgehead atoms. The predicted molar refractivity (Wildman–Crippen MR) is 85.6 cm³/mol. The van der Waals surface area contributed by atoms with Gasteiger partial charge in [-0.3, -0.25) is 0 Å². The summed E-state index contributed by atoms with van der Waals surface area (Å²) in [4.78, 5) is 24.2. The molecule has 0 aliphatic rings. The first-order valence-corrected chi connectivity index (χ1v) is 6.99. The second-order valence-electron chi connectivity index (χ2n) is 4.83. The average Bonchev–Trinajstić information content (AvgIpc) is 2.59. The van der Waals surface area contributed by atoms with Gasteiger partial charge in [0.1, 0.15) is 11.5 Å². The Morgan fingerprint density at radius 1 is 0.720 bits per heavy atom. The Bertz CT molecular complexity index is 767. The van der Waals surface area contributed by atoms with Crippen molar-refractivity contribution in [2.75, 3.05) is 21.3 Å². The van der Waals surface area contributed by atoms with Gasteiger partial charge in [-0.15, -0.1) is 0 Å². The molecule has 8 heteroatoms. The van der Waals surface area contributed by atoms with Crippen LogP contribution in [0, 0.1) is 0 Å². The first-order chi connectivity index (χ1) is 11.9. The van der Waals surface area contributed by atoms with Crippen molar-refractivity contribution >= 4 is 11.9 Å². The third-order valence-electron chi connectivity index (χ3n) is 3.22. The molecule has 0 saturated carbocycles. The zero-order chi connectivity index (χ0) is 18.6. The Balaban J connectivity index is 2.30. The monoisotopic (exact) mass is 348 g/mol. The number of carbonyl (C=O) groups is 2. The summed E-state index contributed by atoms with van der Waals surface area (Å²) in [5.41, 5.74) is -0.189. The van der Waals surface area contributed by atoms with Gasteiger partial charge < -0.3 is 29.2 Å². The minimum atomic E-state index is -1.04. The van der Waals surface area contributed by atoms with Gasteiger partial charge in [0.15, 0.2) is 11.5 Å². The first kappa shape index (κ1) is 17.9. The lowest BCUT2D eigenvalue weighted by Gasteiger charge is -2.13. The molecule has 2 aromatic rings. The van der Waals surface area contributed by atoms with E-state index in [0.717, 1.165) is 18.2 Å². The molecular formula is C17H16O8. The van der Waals surface area contributed by atoms with Crippen LogP contribution in [0.25, 0.3) is 0 Å². The lowest BCUT2D eigenvalue weighted by molar-refractivity contribution is 0.0396. The van der Waals surface area contributed by atoms with E-state index < -0.39 is 11.9 Å². The van der Waals surface area contributed by atoms with E-state index in [-0.39, 0.29) is 39.9 Å². The molecule has 0 atom stereocenters. The van der Waals surface area contributed by atoms with Crippen molar-refractivity contribution in [1.29, 1.82) is 0 Å². The molecule has 0 spiro atoms. The highest BCUT2D eigenvalue weighted by Gasteiger charge is 2.21. The molecule has 2 N–H and O–H groups in total. The van der Waals surface area contributed by atoms with Crippen molar-refractivity contribution in [1.82, 2.24) is 0 Å². The van der Waals surface area contributed by atoms with Crippen LogP contribution in [0.2, 0.25) is 0 Å². The molecule has 132 valence electrons. The van der Waals surface area contributed by atoms with E-state index in [1.54, 1.807) is 0 Å². The normalized spacial score (nSPS) is 10.0. The van der Waals surface area contributed by atoms with E-state index in [1.807, 2.05) is 0 Å². The maximum Gasteiger partial charge on any atom is 0.346 e. The molecule has 0 fully saturated rings. The van der Waals surface area contributed by atoms with E-state index in [4.69, 9.17) is 18.9 Å². The largest absolute Gasteiger partial charge is 0.508 e. The lowest BCUT2D eigenvalue weighted by atomic mass is 10.1. The fourth-order valence-electron chi connectivity index (χ4n) is 2.11. The van der Waals surface area contributed by atoms with Crippen LogP contribution < -0.4 is 14.2 Å². The molecule has 8 nitrogen and oxygen atoms in total. The zero-order valence-corrected chi connectivity index (χ0v) is 13.7. The van der Waals surface area contributed by atoms with Crippen LogP contribution >= 0.6 is 0 Å². The van der Waals surface area contributed by atoms with Crippen LogP contribution in [0.4, 0.5) is 0 Å². The standard InChI is InChI=1S/C17H16O8/c1-22-13-6-10(7-14(23-2)15(13)24-3)17(21)25-16(20)9-4-11(18)8-12(19)5-9/h4-8,18-19H,1-3H3. The second-order valence-corrected chi connectivity index (χ2v) is 4.83. The van der Waals surface area contributed by atoms with Crippen LogP contribution in [-0.4, -0.2) is 43.5 Å². The van der Waals surface area contributed by atoms with Gasteiger partial charge in [0.25, 0.3) is 0 Å². The second kappa shape index (κ2) is 7.43. The van der Waals surface area contributed by atoms with E-state index in [0.29, 0.717) is 0 Å². The van der Waals surface area contributed by atoms with Crippen molar-refractivity contribution in [3.05, 3.63) is 41.5 Å². The number of benzene rings is 2. The smallest absolute Gasteiger partial charge is 0.346 e. The van der Waals surface area contributed by atoms with Gasteiger partial charge in [-0.1, -0.05) is 0 Å². The molecular weight excluding hydrogens is 332 g/mol. The topological polar surface area (TPSA) is 112 Å². The molecule has 2 rings (SSSR count). The number of methoxy groups -OCH3 is 3. The number of aromatic hydroxyl groups is 2. The average molecular weight is 348 g/mol. The fourth-order valence-corrected chi connectivity index (χ4v) is 2.11. The van der Waals surface area contributed by atoms with Crippen molar-refractivity contribution in [2.24, 2.45) is 0 Å². The highest BCUT2D eigenvalue weighted by Crippen LogP contribution is 2.38. The van der Waals surface area contributed by atoms with Gasteiger partial charge >= 0.3 is 11.9 Å². The van der Waals surface area contributed by atoms with Gasteiger partial charge in [0.2, 0.25) is 5.75 Å². The van der Waals surface area contributed by atoms with Crippen molar-refractivity contribution in [2.45, 2.75) is 0 Å². The predicted octanol–water partition coefficient (Wildman–Crippen LogP) is 2.12. The van der Waals surface area contributed by atoms with Crippen LogP contribution in [0.1, 0.15) is 20.7 Å². The maximum atomic E-state index is 12.2. The molecule has 0 amide bonds. The molecule has 0 heterocycles. The minimum Gasteiger partial charge on any atom is -0.508 e. The van der Waals surface area contributed by atoms with Crippen molar-refractivity contribution in [3.8, 4) is 28.7 Å². The minimum absolute atomic E-state index is 0.00720. The number of rotatable bonds is 5. The first-order valence-electron chi connectivity index (χ1n) is 6.99. The van der Waals surface area contributed by atoms with E-state index >= 15 is 0 Å². The molecule has 0 saturated heterocycles. The Morgan fingerprint density at radius 2 is 1.16 bits per heavy atom. The number of hydrogen-bond donors (Lipinski definition) is 2. The van der Waals surface area contributed by atoms with Gasteiger partial charge in [0, 0.05) is 6.07 Å². The van der Waals surface area contributed by atoms with Gasteiger partial charge in [0.05, 0.1) is 32.5 Å². The number of carbonyl (C=O) groups excluding carboxylic acids is 2. The Kier molecular flexibility index (Phi) is 5.33. The molecule has 0 unspecified atom stereocenters. The number of ether oxygens (including phenoxy) is 4. The quantitative estimate of drug-likeness (QED) is 0.624. The number of phenols is 2. The fraction of sp³-hybridized carbons (Fsp3) is 0.176. The molecule has 0 aliphatic heterocycles. The van der Waals surface area contributed by atoms with Crippen molar-refractivity contribution in [3.63, 3.8) is 0 Å². The Labute approximate surface area is 143 Å². The van der Waals surface area contributed by atoms with Crippen LogP contribution in [-0.2, 0) is 4.74 Å². The molecule has 25 heavy (non-hydrogen) atoms. The third kappa shape index (κ3) is 3.92.